The molecule has 1 fully saturated rings. The summed E-state index contributed by atoms with van der Waals surface area (Å²) in [7, 11) is 0. The van der Waals surface area contributed by atoms with Gasteiger partial charge >= 0.3 is 0 Å². The van der Waals surface area contributed by atoms with E-state index in [9.17, 15) is 4.39 Å². The van der Waals surface area contributed by atoms with Crippen molar-refractivity contribution in [2.45, 2.75) is 43.3 Å². The molecule has 1 aromatic rings. The van der Waals surface area contributed by atoms with E-state index in [1.807, 2.05) is 23.9 Å². The molecule has 2 heteroatoms. The van der Waals surface area contributed by atoms with Gasteiger partial charge in [-0.25, -0.2) is 4.39 Å². The average Bonchev–Trinajstić information content (AvgIpc) is 2.26. The molecule has 0 aromatic heterocycles. The summed E-state index contributed by atoms with van der Waals surface area (Å²) in [5.41, 5.74) is 0. The van der Waals surface area contributed by atoms with Crippen LogP contribution in [0.5, 0.6) is 0 Å². The molecule has 0 spiro atoms. The Balaban J connectivity index is 1.93. The summed E-state index contributed by atoms with van der Waals surface area (Å²) in [6.07, 6.45) is 3.95. The molecule has 16 heavy (non-hydrogen) atoms. The number of thioether (sulfide) groups is 1. The summed E-state index contributed by atoms with van der Waals surface area (Å²) in [4.78, 5) is 1.21. The van der Waals surface area contributed by atoms with Crippen LogP contribution in [0.25, 0.3) is 0 Å². The molecule has 0 aliphatic heterocycles. The highest BCUT2D eigenvalue weighted by molar-refractivity contribution is 8.00. The fraction of sp³-hybridized carbons (Fsp3) is 0.571. The lowest BCUT2D eigenvalue weighted by atomic mass is 9.75. The third kappa shape index (κ3) is 2.60. The molecule has 88 valence electrons. The quantitative estimate of drug-likeness (QED) is 0.730. The van der Waals surface area contributed by atoms with Crippen LogP contribution in [0.15, 0.2) is 29.2 Å². The van der Waals surface area contributed by atoms with Gasteiger partial charge in [-0.15, -0.1) is 11.8 Å². The zero-order valence-electron chi connectivity index (χ0n) is 9.95. The molecular weight excluding hydrogens is 219 g/mol. The van der Waals surface area contributed by atoms with Gasteiger partial charge in [0.05, 0.1) is 0 Å². The van der Waals surface area contributed by atoms with E-state index in [0.29, 0.717) is 0 Å². The largest absolute Gasteiger partial charge is 0.207 e. The van der Waals surface area contributed by atoms with E-state index in [1.54, 1.807) is 12.1 Å². The molecule has 1 aliphatic rings. The lowest BCUT2D eigenvalue weighted by Crippen LogP contribution is -2.33. The summed E-state index contributed by atoms with van der Waals surface area (Å²) >= 11 is 1.92. The summed E-state index contributed by atoms with van der Waals surface area (Å²) in [6.45, 7) is 4.62. The van der Waals surface area contributed by atoms with Crippen LogP contribution >= 0.6 is 11.8 Å². The minimum atomic E-state index is -0.142. The molecular formula is C14H19FS. The van der Waals surface area contributed by atoms with Crippen LogP contribution in [0.3, 0.4) is 0 Å². The Bertz CT molecular complexity index is 333. The van der Waals surface area contributed by atoms with Crippen molar-refractivity contribution in [3.8, 4) is 0 Å². The van der Waals surface area contributed by atoms with Gasteiger partial charge in [-0.2, -0.15) is 0 Å². The average molecular weight is 238 g/mol. The normalized spacial score (nSPS) is 26.2. The fourth-order valence-corrected chi connectivity index (χ4v) is 3.76. The molecule has 1 aliphatic carbocycles. The molecule has 1 aromatic carbocycles. The van der Waals surface area contributed by atoms with Crippen molar-refractivity contribution in [1.29, 1.82) is 0 Å². The lowest BCUT2D eigenvalue weighted by Gasteiger charge is -2.40. The molecule has 2 rings (SSSR count). The number of hydrogen-bond acceptors (Lipinski definition) is 1. The third-order valence-corrected chi connectivity index (χ3v) is 5.17. The predicted octanol–water partition coefficient (Wildman–Crippen LogP) is 4.74. The first-order chi connectivity index (χ1) is 7.70. The van der Waals surface area contributed by atoms with Crippen LogP contribution in [-0.2, 0) is 0 Å². The zero-order chi connectivity index (χ0) is 11.5. The molecule has 1 saturated carbocycles. The second-order valence-electron chi connectivity index (χ2n) is 4.74. The second kappa shape index (κ2) is 5.22. The van der Waals surface area contributed by atoms with E-state index in [2.05, 4.69) is 13.8 Å². The van der Waals surface area contributed by atoms with Gasteiger partial charge in [-0.05, 0) is 48.9 Å². The van der Waals surface area contributed by atoms with Crippen molar-refractivity contribution < 1.29 is 4.39 Å². The Morgan fingerprint density at radius 2 is 2.00 bits per heavy atom. The Morgan fingerprint density at radius 1 is 1.31 bits per heavy atom. The topological polar surface area (TPSA) is 0 Å². The van der Waals surface area contributed by atoms with Gasteiger partial charge in [-0.1, -0.05) is 20.3 Å². The summed E-state index contributed by atoms with van der Waals surface area (Å²) in [5.74, 6) is 1.54. The maximum atomic E-state index is 12.8. The highest BCUT2D eigenvalue weighted by Crippen LogP contribution is 2.45. The Morgan fingerprint density at radius 3 is 2.50 bits per heavy atom. The van der Waals surface area contributed by atoms with Crippen LogP contribution in [0.2, 0.25) is 0 Å². The number of halogens is 1. The van der Waals surface area contributed by atoms with Crippen LogP contribution in [-0.4, -0.2) is 5.25 Å². The first-order valence-electron chi connectivity index (χ1n) is 6.13. The van der Waals surface area contributed by atoms with Crippen LogP contribution in [0.4, 0.5) is 4.39 Å². The van der Waals surface area contributed by atoms with Gasteiger partial charge in [0.15, 0.2) is 0 Å². The monoisotopic (exact) mass is 238 g/mol. The highest BCUT2D eigenvalue weighted by atomic mass is 32.2. The Kier molecular flexibility index (Phi) is 3.91. The van der Waals surface area contributed by atoms with E-state index in [-0.39, 0.29) is 5.82 Å². The molecule has 0 heterocycles. The van der Waals surface area contributed by atoms with Gasteiger partial charge in [0, 0.05) is 10.1 Å². The van der Waals surface area contributed by atoms with Gasteiger partial charge in [0.2, 0.25) is 0 Å². The van der Waals surface area contributed by atoms with Gasteiger partial charge in [-0.3, -0.25) is 0 Å². The second-order valence-corrected chi connectivity index (χ2v) is 6.05. The third-order valence-electron chi connectivity index (χ3n) is 3.74. The van der Waals surface area contributed by atoms with Crippen molar-refractivity contribution in [2.75, 3.05) is 0 Å². The maximum Gasteiger partial charge on any atom is 0.123 e. The molecule has 0 radical (unpaired) electrons. The minimum absolute atomic E-state index is 0.142. The molecule has 3 atom stereocenters. The van der Waals surface area contributed by atoms with E-state index < -0.39 is 0 Å². The highest BCUT2D eigenvalue weighted by Gasteiger charge is 2.34. The van der Waals surface area contributed by atoms with Crippen molar-refractivity contribution >= 4 is 11.8 Å². The van der Waals surface area contributed by atoms with Crippen LogP contribution in [0, 0.1) is 17.7 Å². The number of hydrogen-bond donors (Lipinski definition) is 0. The van der Waals surface area contributed by atoms with E-state index >= 15 is 0 Å². The number of benzene rings is 1. The first kappa shape index (κ1) is 12.0. The lowest BCUT2D eigenvalue weighted by molar-refractivity contribution is 0.227. The fourth-order valence-electron chi connectivity index (χ4n) is 2.28. The summed E-state index contributed by atoms with van der Waals surface area (Å²) in [6, 6.07) is 6.90. The van der Waals surface area contributed by atoms with Crippen LogP contribution in [0.1, 0.15) is 33.1 Å². The molecule has 0 N–H and O–H groups in total. The summed E-state index contributed by atoms with van der Waals surface area (Å²) in [5, 5.41) is 0.750. The molecule has 0 nitrogen and oxygen atoms in total. The van der Waals surface area contributed by atoms with Crippen molar-refractivity contribution in [3.63, 3.8) is 0 Å². The predicted molar refractivity (Wildman–Crippen MR) is 68.2 cm³/mol. The van der Waals surface area contributed by atoms with E-state index in [4.69, 9.17) is 0 Å². The Labute approximate surface area is 102 Å². The zero-order valence-corrected chi connectivity index (χ0v) is 10.8. The first-order valence-corrected chi connectivity index (χ1v) is 7.01. The molecule has 0 amide bonds. The molecule has 0 bridgehead atoms. The van der Waals surface area contributed by atoms with Gasteiger partial charge in [0.1, 0.15) is 5.82 Å². The minimum Gasteiger partial charge on any atom is -0.207 e. The molecule has 3 unspecified atom stereocenters. The van der Waals surface area contributed by atoms with Gasteiger partial charge < -0.3 is 0 Å². The molecule has 0 saturated heterocycles. The smallest absolute Gasteiger partial charge is 0.123 e. The Hall–Kier alpha value is -0.500. The van der Waals surface area contributed by atoms with E-state index in [0.717, 1.165) is 17.1 Å². The SMILES string of the molecule is CCC(C)C1CCC1Sc1ccc(F)cc1. The maximum absolute atomic E-state index is 12.8. The van der Waals surface area contributed by atoms with Crippen molar-refractivity contribution in [1.82, 2.24) is 0 Å². The van der Waals surface area contributed by atoms with Crippen LogP contribution < -0.4 is 0 Å². The summed E-state index contributed by atoms with van der Waals surface area (Å²) < 4.78 is 12.8. The standard InChI is InChI=1S/C14H19FS/c1-3-10(2)13-8-9-14(13)16-12-6-4-11(15)5-7-12/h4-7,10,13-14H,3,8-9H2,1-2H3. The number of rotatable bonds is 4. The van der Waals surface area contributed by atoms with Gasteiger partial charge in [0.25, 0.3) is 0 Å². The van der Waals surface area contributed by atoms with Crippen molar-refractivity contribution in [3.05, 3.63) is 30.1 Å². The van der Waals surface area contributed by atoms with Crippen molar-refractivity contribution in [2.24, 2.45) is 11.8 Å². The van der Waals surface area contributed by atoms with E-state index in [1.165, 1.54) is 24.2 Å².